The summed E-state index contributed by atoms with van der Waals surface area (Å²) in [6.45, 7) is 6.88. The van der Waals surface area contributed by atoms with Crippen LogP contribution in [0.2, 0.25) is 0 Å². The molecular formula is C13H20N2O2. The maximum Gasteiger partial charge on any atom is 0.254 e. The summed E-state index contributed by atoms with van der Waals surface area (Å²) in [6, 6.07) is 1.76. The molecule has 0 radical (unpaired) electrons. The van der Waals surface area contributed by atoms with Crippen molar-refractivity contribution in [1.82, 2.24) is 10.6 Å². The average molecular weight is 236 g/mol. The number of aryl methyl sites for hydroxylation is 1. The molecule has 1 aliphatic heterocycles. The van der Waals surface area contributed by atoms with E-state index in [1.54, 1.807) is 6.07 Å². The lowest BCUT2D eigenvalue weighted by atomic mass is 9.81. The Morgan fingerprint density at radius 3 is 2.82 bits per heavy atom. The second-order valence-corrected chi connectivity index (χ2v) is 5.19. The minimum absolute atomic E-state index is 0.0402. The molecule has 2 rings (SSSR count). The number of carbonyl (C=O) groups excluding carboxylic acids is 1. The molecule has 2 heterocycles. The molecule has 0 spiro atoms. The summed E-state index contributed by atoms with van der Waals surface area (Å²) in [7, 11) is 0. The van der Waals surface area contributed by atoms with Gasteiger partial charge in [-0.05, 0) is 44.3 Å². The Morgan fingerprint density at radius 1 is 1.53 bits per heavy atom. The van der Waals surface area contributed by atoms with Crippen LogP contribution in [0.1, 0.15) is 35.9 Å². The highest BCUT2D eigenvalue weighted by Gasteiger charge is 2.27. The van der Waals surface area contributed by atoms with Crippen LogP contribution in [0.25, 0.3) is 0 Å². The van der Waals surface area contributed by atoms with Crippen LogP contribution >= 0.6 is 0 Å². The van der Waals surface area contributed by atoms with Crippen LogP contribution in [0.4, 0.5) is 0 Å². The normalized spacial score (nSPS) is 18.9. The molecule has 4 nitrogen and oxygen atoms in total. The molecule has 0 bridgehead atoms. The quantitative estimate of drug-likeness (QED) is 0.840. The van der Waals surface area contributed by atoms with E-state index in [9.17, 15) is 4.79 Å². The summed E-state index contributed by atoms with van der Waals surface area (Å²) >= 11 is 0. The van der Waals surface area contributed by atoms with Gasteiger partial charge in [0.1, 0.15) is 12.0 Å². The van der Waals surface area contributed by atoms with Crippen molar-refractivity contribution in [3.63, 3.8) is 0 Å². The lowest BCUT2D eigenvalue weighted by Gasteiger charge is -2.34. The zero-order chi connectivity index (χ0) is 12.3. The fourth-order valence-electron chi connectivity index (χ4n) is 2.17. The Kier molecular flexibility index (Phi) is 3.52. The van der Waals surface area contributed by atoms with E-state index in [0.717, 1.165) is 38.2 Å². The van der Waals surface area contributed by atoms with Gasteiger partial charge in [0, 0.05) is 6.54 Å². The largest absolute Gasteiger partial charge is 0.469 e. The predicted molar refractivity (Wildman–Crippen MR) is 66.0 cm³/mol. The molecule has 1 saturated heterocycles. The first-order valence-electron chi connectivity index (χ1n) is 6.13. The second-order valence-electron chi connectivity index (χ2n) is 5.19. The second kappa shape index (κ2) is 4.92. The Labute approximate surface area is 102 Å². The monoisotopic (exact) mass is 236 g/mol. The van der Waals surface area contributed by atoms with Crippen molar-refractivity contribution in [3.05, 3.63) is 23.7 Å². The van der Waals surface area contributed by atoms with E-state index in [2.05, 4.69) is 17.6 Å². The third-order valence-corrected chi connectivity index (χ3v) is 3.48. The zero-order valence-corrected chi connectivity index (χ0v) is 10.5. The van der Waals surface area contributed by atoms with E-state index in [4.69, 9.17) is 4.42 Å². The summed E-state index contributed by atoms with van der Waals surface area (Å²) in [5.74, 6) is 0.727. The highest BCUT2D eigenvalue weighted by atomic mass is 16.3. The molecule has 0 atom stereocenters. The lowest BCUT2D eigenvalue weighted by Crippen LogP contribution is -2.42. The first kappa shape index (κ1) is 12.2. The van der Waals surface area contributed by atoms with Gasteiger partial charge in [0.25, 0.3) is 5.91 Å². The molecule has 94 valence electrons. The molecule has 17 heavy (non-hydrogen) atoms. The molecule has 1 aromatic rings. The minimum atomic E-state index is -0.0402. The molecule has 1 amide bonds. The van der Waals surface area contributed by atoms with Crippen LogP contribution in [0, 0.1) is 12.3 Å². The molecule has 1 fully saturated rings. The number of hydrogen-bond acceptors (Lipinski definition) is 3. The van der Waals surface area contributed by atoms with E-state index < -0.39 is 0 Å². The number of nitrogens with one attached hydrogen (secondary N) is 2. The summed E-state index contributed by atoms with van der Waals surface area (Å²) in [5, 5.41) is 6.33. The molecule has 0 aromatic carbocycles. The molecule has 1 aliphatic rings. The maximum absolute atomic E-state index is 11.9. The highest BCUT2D eigenvalue weighted by molar-refractivity contribution is 5.93. The highest BCUT2D eigenvalue weighted by Crippen LogP contribution is 2.26. The molecular weight excluding hydrogens is 216 g/mol. The number of furan rings is 1. The lowest BCUT2D eigenvalue weighted by molar-refractivity contribution is 0.0921. The van der Waals surface area contributed by atoms with Gasteiger partial charge < -0.3 is 15.1 Å². The summed E-state index contributed by atoms with van der Waals surface area (Å²) in [4.78, 5) is 11.9. The predicted octanol–water partition coefficient (Wildman–Crippen LogP) is 1.71. The topological polar surface area (TPSA) is 54.3 Å². The Bertz CT molecular complexity index is 392. The van der Waals surface area contributed by atoms with Gasteiger partial charge in [-0.3, -0.25) is 4.79 Å². The Balaban J connectivity index is 1.87. The number of carbonyl (C=O) groups is 1. The SMILES string of the molecule is Cc1cc(C(=O)NCC2(C)CCNCC2)co1. The van der Waals surface area contributed by atoms with Gasteiger partial charge in [-0.1, -0.05) is 6.92 Å². The number of amides is 1. The van der Waals surface area contributed by atoms with Gasteiger partial charge >= 0.3 is 0 Å². The fourth-order valence-corrected chi connectivity index (χ4v) is 2.17. The summed E-state index contributed by atoms with van der Waals surface area (Å²) in [5.41, 5.74) is 0.833. The average Bonchev–Trinajstić information content (AvgIpc) is 2.74. The van der Waals surface area contributed by atoms with Crippen molar-refractivity contribution in [2.45, 2.75) is 26.7 Å². The first-order chi connectivity index (χ1) is 8.09. The van der Waals surface area contributed by atoms with Crippen molar-refractivity contribution < 1.29 is 9.21 Å². The van der Waals surface area contributed by atoms with Crippen LogP contribution in [0.5, 0.6) is 0 Å². The third-order valence-electron chi connectivity index (χ3n) is 3.48. The van der Waals surface area contributed by atoms with E-state index in [1.807, 2.05) is 6.92 Å². The smallest absolute Gasteiger partial charge is 0.254 e. The minimum Gasteiger partial charge on any atom is -0.469 e. The van der Waals surface area contributed by atoms with Crippen molar-refractivity contribution in [2.24, 2.45) is 5.41 Å². The molecule has 4 heteroatoms. The van der Waals surface area contributed by atoms with Crippen LogP contribution in [-0.4, -0.2) is 25.5 Å². The van der Waals surface area contributed by atoms with Crippen molar-refractivity contribution in [1.29, 1.82) is 0 Å². The number of piperidine rings is 1. The number of rotatable bonds is 3. The number of hydrogen-bond donors (Lipinski definition) is 2. The summed E-state index contributed by atoms with van der Waals surface area (Å²) < 4.78 is 5.13. The standard InChI is InChI=1S/C13H20N2O2/c1-10-7-11(8-17-10)12(16)15-9-13(2)3-5-14-6-4-13/h7-8,14H,3-6,9H2,1-2H3,(H,15,16). The van der Waals surface area contributed by atoms with E-state index >= 15 is 0 Å². The molecule has 1 aromatic heterocycles. The van der Waals surface area contributed by atoms with Crippen LogP contribution in [0.15, 0.2) is 16.7 Å². The van der Waals surface area contributed by atoms with Gasteiger partial charge in [-0.25, -0.2) is 0 Å². The Morgan fingerprint density at radius 2 is 2.24 bits per heavy atom. The van der Waals surface area contributed by atoms with Gasteiger partial charge in [-0.15, -0.1) is 0 Å². The maximum atomic E-state index is 11.9. The van der Waals surface area contributed by atoms with Crippen molar-refractivity contribution in [2.75, 3.05) is 19.6 Å². The molecule has 0 saturated carbocycles. The first-order valence-corrected chi connectivity index (χ1v) is 6.13. The summed E-state index contributed by atoms with van der Waals surface area (Å²) in [6.07, 6.45) is 3.73. The van der Waals surface area contributed by atoms with Crippen LogP contribution in [-0.2, 0) is 0 Å². The Hall–Kier alpha value is -1.29. The molecule has 0 unspecified atom stereocenters. The van der Waals surface area contributed by atoms with Crippen LogP contribution in [0.3, 0.4) is 0 Å². The van der Waals surface area contributed by atoms with E-state index in [-0.39, 0.29) is 11.3 Å². The van der Waals surface area contributed by atoms with Gasteiger partial charge in [-0.2, -0.15) is 0 Å². The van der Waals surface area contributed by atoms with Gasteiger partial charge in [0.2, 0.25) is 0 Å². The van der Waals surface area contributed by atoms with Gasteiger partial charge in [0.15, 0.2) is 0 Å². The van der Waals surface area contributed by atoms with E-state index in [0.29, 0.717) is 5.56 Å². The molecule has 2 N–H and O–H groups in total. The van der Waals surface area contributed by atoms with Crippen molar-refractivity contribution >= 4 is 5.91 Å². The van der Waals surface area contributed by atoms with E-state index in [1.165, 1.54) is 6.26 Å². The fraction of sp³-hybridized carbons (Fsp3) is 0.615. The van der Waals surface area contributed by atoms with Gasteiger partial charge in [0.05, 0.1) is 5.56 Å². The third kappa shape index (κ3) is 3.09. The van der Waals surface area contributed by atoms with Crippen LogP contribution < -0.4 is 10.6 Å². The molecule has 0 aliphatic carbocycles. The van der Waals surface area contributed by atoms with Crippen molar-refractivity contribution in [3.8, 4) is 0 Å². The zero-order valence-electron chi connectivity index (χ0n) is 10.5.